The first-order valence-electron chi connectivity index (χ1n) is 8.74. The molecule has 0 bridgehead atoms. The molecule has 0 saturated carbocycles. The first kappa shape index (κ1) is 19.2. The van der Waals surface area contributed by atoms with Gasteiger partial charge in [0.2, 0.25) is 22.7 Å². The number of aryl methyl sites for hydroxylation is 2. The molecule has 0 aromatic heterocycles. The van der Waals surface area contributed by atoms with Crippen LogP contribution in [0.5, 0.6) is 11.5 Å². The third kappa shape index (κ3) is 4.23. The van der Waals surface area contributed by atoms with E-state index in [-0.39, 0.29) is 18.2 Å². The average Bonchev–Trinajstić information content (AvgIpc) is 3.14. The second kappa shape index (κ2) is 7.98. The molecule has 0 atom stereocenters. The van der Waals surface area contributed by atoms with E-state index < -0.39 is 15.9 Å². The van der Waals surface area contributed by atoms with Crippen molar-refractivity contribution in [3.63, 3.8) is 0 Å². The number of carbonyl (C=O) groups is 1. The minimum absolute atomic E-state index is 0.0164. The number of ether oxygens (including phenoxy) is 2. The SMILES string of the molecule is CCc1cccc(CC)c1NC(=O)CNS(=O)(=O)c1ccc2c(c1)OCO2. The Kier molecular flexibility index (Phi) is 5.67. The summed E-state index contributed by atoms with van der Waals surface area (Å²) in [6.45, 7) is 3.71. The number of amides is 1. The van der Waals surface area contributed by atoms with Crippen molar-refractivity contribution >= 4 is 21.6 Å². The Balaban J connectivity index is 1.69. The molecule has 0 saturated heterocycles. The Morgan fingerprint density at radius 1 is 1.04 bits per heavy atom. The molecule has 1 aliphatic rings. The summed E-state index contributed by atoms with van der Waals surface area (Å²) in [5, 5.41) is 2.84. The van der Waals surface area contributed by atoms with Crippen molar-refractivity contribution in [2.75, 3.05) is 18.7 Å². The van der Waals surface area contributed by atoms with Gasteiger partial charge in [-0.15, -0.1) is 0 Å². The van der Waals surface area contributed by atoms with Crippen LogP contribution in [-0.2, 0) is 27.7 Å². The van der Waals surface area contributed by atoms with E-state index in [4.69, 9.17) is 9.47 Å². The average molecular weight is 390 g/mol. The van der Waals surface area contributed by atoms with Crippen molar-refractivity contribution in [1.29, 1.82) is 0 Å². The lowest BCUT2D eigenvalue weighted by Gasteiger charge is -2.15. The van der Waals surface area contributed by atoms with E-state index in [1.165, 1.54) is 18.2 Å². The molecule has 3 rings (SSSR count). The maximum absolute atomic E-state index is 12.4. The largest absolute Gasteiger partial charge is 0.454 e. The molecule has 1 aliphatic heterocycles. The Bertz CT molecular complexity index is 934. The normalized spacial score (nSPS) is 12.8. The summed E-state index contributed by atoms with van der Waals surface area (Å²) in [6, 6.07) is 10.2. The van der Waals surface area contributed by atoms with E-state index in [9.17, 15) is 13.2 Å². The Hall–Kier alpha value is -2.58. The van der Waals surface area contributed by atoms with Crippen molar-refractivity contribution in [1.82, 2.24) is 4.72 Å². The number of benzene rings is 2. The number of hydrogen-bond acceptors (Lipinski definition) is 5. The van der Waals surface area contributed by atoms with Gasteiger partial charge in [-0.2, -0.15) is 0 Å². The minimum Gasteiger partial charge on any atom is -0.454 e. The molecular formula is C19H22N2O5S. The van der Waals surface area contributed by atoms with Crippen LogP contribution < -0.4 is 19.5 Å². The van der Waals surface area contributed by atoms with Crippen molar-refractivity contribution < 1.29 is 22.7 Å². The predicted octanol–water partition coefficient (Wildman–Crippen LogP) is 2.46. The molecule has 7 nitrogen and oxygen atoms in total. The molecule has 0 aliphatic carbocycles. The highest BCUT2D eigenvalue weighted by atomic mass is 32.2. The van der Waals surface area contributed by atoms with Gasteiger partial charge in [-0.1, -0.05) is 32.0 Å². The number of nitrogens with one attached hydrogen (secondary N) is 2. The van der Waals surface area contributed by atoms with E-state index in [0.29, 0.717) is 11.5 Å². The summed E-state index contributed by atoms with van der Waals surface area (Å²) in [6.07, 6.45) is 1.54. The highest BCUT2D eigenvalue weighted by molar-refractivity contribution is 7.89. The van der Waals surface area contributed by atoms with E-state index in [2.05, 4.69) is 10.0 Å². The van der Waals surface area contributed by atoms with Crippen LogP contribution in [0.15, 0.2) is 41.3 Å². The van der Waals surface area contributed by atoms with Gasteiger partial charge in [0, 0.05) is 11.8 Å². The molecule has 1 heterocycles. The fourth-order valence-electron chi connectivity index (χ4n) is 2.87. The van der Waals surface area contributed by atoms with E-state index in [1.807, 2.05) is 32.0 Å². The van der Waals surface area contributed by atoms with Gasteiger partial charge in [-0.3, -0.25) is 4.79 Å². The summed E-state index contributed by atoms with van der Waals surface area (Å²) in [4.78, 5) is 12.3. The molecule has 27 heavy (non-hydrogen) atoms. The fourth-order valence-corrected chi connectivity index (χ4v) is 3.87. The third-order valence-corrected chi connectivity index (χ3v) is 5.74. The van der Waals surface area contributed by atoms with Gasteiger partial charge in [0.15, 0.2) is 11.5 Å². The molecule has 0 radical (unpaired) electrons. The van der Waals surface area contributed by atoms with Crippen LogP contribution in [0.3, 0.4) is 0 Å². The predicted molar refractivity (Wildman–Crippen MR) is 102 cm³/mol. The van der Waals surface area contributed by atoms with Crippen LogP contribution in [0.25, 0.3) is 0 Å². The summed E-state index contributed by atoms with van der Waals surface area (Å²) >= 11 is 0. The molecule has 0 spiro atoms. The zero-order valence-corrected chi connectivity index (χ0v) is 16.1. The topological polar surface area (TPSA) is 93.7 Å². The van der Waals surface area contributed by atoms with Gasteiger partial charge in [0.25, 0.3) is 0 Å². The number of sulfonamides is 1. The first-order chi connectivity index (χ1) is 12.9. The molecule has 8 heteroatoms. The fraction of sp³-hybridized carbons (Fsp3) is 0.316. The maximum atomic E-state index is 12.4. The standard InChI is InChI=1S/C19H22N2O5S/c1-3-13-6-5-7-14(4-2)19(13)21-18(22)11-20-27(23,24)15-8-9-16-17(10-15)26-12-25-16/h5-10,20H,3-4,11-12H2,1-2H3,(H,21,22). The van der Waals surface area contributed by atoms with Crippen LogP contribution >= 0.6 is 0 Å². The Morgan fingerprint density at radius 2 is 1.70 bits per heavy atom. The van der Waals surface area contributed by atoms with Gasteiger partial charge in [0.1, 0.15) is 0 Å². The lowest BCUT2D eigenvalue weighted by molar-refractivity contribution is -0.115. The number of hydrogen-bond donors (Lipinski definition) is 2. The molecule has 1 amide bonds. The lowest BCUT2D eigenvalue weighted by atomic mass is 10.0. The van der Waals surface area contributed by atoms with Crippen LogP contribution in [0.2, 0.25) is 0 Å². The number of anilines is 1. The maximum Gasteiger partial charge on any atom is 0.241 e. The number of fused-ring (bicyclic) bond motifs is 1. The van der Waals surface area contributed by atoms with Gasteiger partial charge in [-0.05, 0) is 36.1 Å². The number of para-hydroxylation sites is 1. The third-order valence-electron chi connectivity index (χ3n) is 4.34. The summed E-state index contributed by atoms with van der Waals surface area (Å²) in [7, 11) is -3.85. The van der Waals surface area contributed by atoms with E-state index in [0.717, 1.165) is 29.7 Å². The second-order valence-corrected chi connectivity index (χ2v) is 7.81. The number of rotatable bonds is 7. The molecular weight excluding hydrogens is 368 g/mol. The molecule has 2 aromatic rings. The molecule has 2 N–H and O–H groups in total. The van der Waals surface area contributed by atoms with Crippen LogP contribution in [0.4, 0.5) is 5.69 Å². The zero-order valence-electron chi connectivity index (χ0n) is 15.2. The smallest absolute Gasteiger partial charge is 0.241 e. The monoisotopic (exact) mass is 390 g/mol. The van der Waals surface area contributed by atoms with Gasteiger partial charge >= 0.3 is 0 Å². The van der Waals surface area contributed by atoms with Crippen molar-refractivity contribution in [2.45, 2.75) is 31.6 Å². The lowest BCUT2D eigenvalue weighted by Crippen LogP contribution is -2.33. The second-order valence-electron chi connectivity index (χ2n) is 6.05. The molecule has 0 unspecified atom stereocenters. The van der Waals surface area contributed by atoms with Crippen molar-refractivity contribution in [2.24, 2.45) is 0 Å². The minimum atomic E-state index is -3.85. The molecule has 144 valence electrons. The quantitative estimate of drug-likeness (QED) is 0.757. The first-order valence-corrected chi connectivity index (χ1v) is 10.2. The van der Waals surface area contributed by atoms with Crippen molar-refractivity contribution in [3.8, 4) is 11.5 Å². The van der Waals surface area contributed by atoms with Crippen LogP contribution in [0, 0.1) is 0 Å². The van der Waals surface area contributed by atoms with E-state index in [1.54, 1.807) is 0 Å². The number of carbonyl (C=O) groups excluding carboxylic acids is 1. The molecule has 2 aromatic carbocycles. The summed E-state index contributed by atoms with van der Waals surface area (Å²) in [5.41, 5.74) is 2.79. The van der Waals surface area contributed by atoms with Crippen LogP contribution in [0.1, 0.15) is 25.0 Å². The Morgan fingerprint density at radius 3 is 2.37 bits per heavy atom. The van der Waals surface area contributed by atoms with Gasteiger partial charge in [0.05, 0.1) is 11.4 Å². The summed E-state index contributed by atoms with van der Waals surface area (Å²) < 4.78 is 37.6. The van der Waals surface area contributed by atoms with Crippen LogP contribution in [-0.4, -0.2) is 27.7 Å². The highest BCUT2D eigenvalue weighted by Gasteiger charge is 2.21. The van der Waals surface area contributed by atoms with E-state index >= 15 is 0 Å². The van der Waals surface area contributed by atoms with Gasteiger partial charge in [-0.25, -0.2) is 13.1 Å². The Labute approximate surface area is 158 Å². The zero-order chi connectivity index (χ0) is 19.4. The highest BCUT2D eigenvalue weighted by Crippen LogP contribution is 2.33. The molecule has 0 fully saturated rings. The summed E-state index contributed by atoms with van der Waals surface area (Å²) in [5.74, 6) is 0.441. The van der Waals surface area contributed by atoms with Crippen molar-refractivity contribution in [3.05, 3.63) is 47.5 Å². The van der Waals surface area contributed by atoms with Gasteiger partial charge < -0.3 is 14.8 Å².